The second-order valence-electron chi connectivity index (χ2n) is 5.17. The van der Waals surface area contributed by atoms with Crippen LogP contribution in [0.25, 0.3) is 0 Å². The molecular formula is C14H20N2OS. The lowest BCUT2D eigenvalue weighted by Gasteiger charge is -2.24. The van der Waals surface area contributed by atoms with Crippen LogP contribution in [0.1, 0.15) is 25.0 Å². The van der Waals surface area contributed by atoms with Crippen molar-refractivity contribution in [2.45, 2.75) is 38.1 Å². The van der Waals surface area contributed by atoms with Crippen molar-refractivity contribution >= 4 is 17.7 Å². The van der Waals surface area contributed by atoms with Crippen LogP contribution in [0.15, 0.2) is 24.3 Å². The first kappa shape index (κ1) is 13.4. The summed E-state index contributed by atoms with van der Waals surface area (Å²) < 4.78 is -0.0319. The minimum Gasteiger partial charge on any atom is -0.351 e. The van der Waals surface area contributed by atoms with Crippen molar-refractivity contribution in [1.82, 2.24) is 10.6 Å². The zero-order valence-corrected chi connectivity index (χ0v) is 11.9. The number of rotatable bonds is 3. The maximum atomic E-state index is 12.2. The van der Waals surface area contributed by atoms with E-state index < -0.39 is 0 Å². The summed E-state index contributed by atoms with van der Waals surface area (Å²) in [6, 6.07) is 8.03. The van der Waals surface area contributed by atoms with Crippen LogP contribution >= 0.6 is 11.8 Å². The highest BCUT2D eigenvalue weighted by Crippen LogP contribution is 2.32. The van der Waals surface area contributed by atoms with Gasteiger partial charge in [-0.2, -0.15) is 0 Å². The number of hydrogen-bond donors (Lipinski definition) is 2. The van der Waals surface area contributed by atoms with E-state index >= 15 is 0 Å². The molecule has 1 aromatic carbocycles. The standard InChI is InChI=1S/C14H20N2OS/c1-10-6-4-5-7-11(10)8-15-13(17)12-14(2,3)18-9-16-12/h4-7,12,16H,8-9H2,1-3H3,(H,15,17). The predicted molar refractivity (Wildman–Crippen MR) is 76.5 cm³/mol. The first-order valence-corrected chi connectivity index (χ1v) is 7.19. The third kappa shape index (κ3) is 2.87. The summed E-state index contributed by atoms with van der Waals surface area (Å²) in [5.41, 5.74) is 2.39. The maximum Gasteiger partial charge on any atom is 0.238 e. The zero-order valence-electron chi connectivity index (χ0n) is 11.1. The van der Waals surface area contributed by atoms with Gasteiger partial charge >= 0.3 is 0 Å². The number of amides is 1. The summed E-state index contributed by atoms with van der Waals surface area (Å²) in [5.74, 6) is 0.934. The molecule has 0 aromatic heterocycles. The third-order valence-corrected chi connectivity index (χ3v) is 4.69. The zero-order chi connectivity index (χ0) is 13.2. The van der Waals surface area contributed by atoms with Crippen molar-refractivity contribution in [2.75, 3.05) is 5.88 Å². The number of nitrogens with one attached hydrogen (secondary N) is 2. The summed E-state index contributed by atoms with van der Waals surface area (Å²) >= 11 is 1.79. The van der Waals surface area contributed by atoms with Gasteiger partial charge in [0.25, 0.3) is 0 Å². The highest BCUT2D eigenvalue weighted by molar-refractivity contribution is 8.00. The SMILES string of the molecule is Cc1ccccc1CNC(=O)C1NCSC1(C)C. The van der Waals surface area contributed by atoms with Crippen LogP contribution in [-0.2, 0) is 11.3 Å². The number of thioether (sulfide) groups is 1. The van der Waals surface area contributed by atoms with Gasteiger partial charge in [0.15, 0.2) is 0 Å². The van der Waals surface area contributed by atoms with E-state index in [0.717, 1.165) is 5.88 Å². The molecule has 1 atom stereocenters. The van der Waals surface area contributed by atoms with Gasteiger partial charge in [0.05, 0.1) is 0 Å². The second kappa shape index (κ2) is 5.33. The average Bonchev–Trinajstić information content (AvgIpc) is 2.67. The molecule has 4 heteroatoms. The highest BCUT2D eigenvalue weighted by Gasteiger charge is 2.39. The van der Waals surface area contributed by atoms with Gasteiger partial charge < -0.3 is 5.32 Å². The van der Waals surface area contributed by atoms with Crippen molar-refractivity contribution in [3.05, 3.63) is 35.4 Å². The Morgan fingerprint density at radius 2 is 2.22 bits per heavy atom. The molecule has 1 unspecified atom stereocenters. The number of carbonyl (C=O) groups is 1. The Morgan fingerprint density at radius 3 is 2.83 bits per heavy atom. The average molecular weight is 264 g/mol. The second-order valence-corrected chi connectivity index (χ2v) is 6.80. The molecule has 2 rings (SSSR count). The molecule has 98 valence electrons. The van der Waals surface area contributed by atoms with Crippen molar-refractivity contribution in [1.29, 1.82) is 0 Å². The van der Waals surface area contributed by atoms with E-state index in [1.807, 2.05) is 12.1 Å². The number of aryl methyl sites for hydroxylation is 1. The van der Waals surface area contributed by atoms with Gasteiger partial charge in [-0.15, -0.1) is 11.8 Å². The van der Waals surface area contributed by atoms with E-state index in [9.17, 15) is 4.79 Å². The molecular weight excluding hydrogens is 244 g/mol. The van der Waals surface area contributed by atoms with Crippen molar-refractivity contribution in [3.8, 4) is 0 Å². The molecule has 18 heavy (non-hydrogen) atoms. The monoisotopic (exact) mass is 264 g/mol. The lowest BCUT2D eigenvalue weighted by molar-refractivity contribution is -0.123. The largest absolute Gasteiger partial charge is 0.351 e. The van der Waals surface area contributed by atoms with E-state index in [4.69, 9.17) is 0 Å². The molecule has 1 amide bonds. The van der Waals surface area contributed by atoms with Crippen LogP contribution < -0.4 is 10.6 Å². The topological polar surface area (TPSA) is 41.1 Å². The lowest BCUT2D eigenvalue weighted by Crippen LogP contribution is -2.49. The van der Waals surface area contributed by atoms with E-state index in [2.05, 4.69) is 43.5 Å². The summed E-state index contributed by atoms with van der Waals surface area (Å²) in [4.78, 5) is 12.2. The molecule has 0 saturated carbocycles. The number of hydrogen-bond acceptors (Lipinski definition) is 3. The Kier molecular flexibility index (Phi) is 3.97. The Morgan fingerprint density at radius 1 is 1.50 bits per heavy atom. The summed E-state index contributed by atoms with van der Waals surface area (Å²) in [7, 11) is 0. The molecule has 2 N–H and O–H groups in total. The molecule has 1 aliphatic heterocycles. The van der Waals surface area contributed by atoms with E-state index in [0.29, 0.717) is 6.54 Å². The van der Waals surface area contributed by atoms with Gasteiger partial charge in [0.1, 0.15) is 6.04 Å². The molecule has 1 aliphatic rings. The van der Waals surface area contributed by atoms with Crippen LogP contribution in [0.3, 0.4) is 0 Å². The smallest absolute Gasteiger partial charge is 0.238 e. The van der Waals surface area contributed by atoms with E-state index in [-0.39, 0.29) is 16.7 Å². The van der Waals surface area contributed by atoms with Gasteiger partial charge in [-0.05, 0) is 31.9 Å². The normalized spacial score (nSPS) is 21.8. The lowest BCUT2D eigenvalue weighted by atomic mass is 10.0. The van der Waals surface area contributed by atoms with E-state index in [1.165, 1.54) is 11.1 Å². The minimum atomic E-state index is -0.105. The highest BCUT2D eigenvalue weighted by atomic mass is 32.2. The Hall–Kier alpha value is -1.000. The fourth-order valence-electron chi connectivity index (χ4n) is 2.14. The van der Waals surface area contributed by atoms with Crippen molar-refractivity contribution < 1.29 is 4.79 Å². The Labute approximate surface area is 113 Å². The van der Waals surface area contributed by atoms with Crippen molar-refractivity contribution in [2.24, 2.45) is 0 Å². The van der Waals surface area contributed by atoms with E-state index in [1.54, 1.807) is 11.8 Å². The molecule has 1 aromatic rings. The summed E-state index contributed by atoms with van der Waals surface area (Å²) in [6.45, 7) is 6.88. The maximum absolute atomic E-state index is 12.2. The molecule has 0 radical (unpaired) electrons. The molecule has 0 aliphatic carbocycles. The van der Waals surface area contributed by atoms with Gasteiger partial charge in [-0.3, -0.25) is 10.1 Å². The first-order valence-electron chi connectivity index (χ1n) is 6.20. The van der Waals surface area contributed by atoms with Crippen LogP contribution in [-0.4, -0.2) is 22.6 Å². The van der Waals surface area contributed by atoms with Crippen LogP contribution in [0.5, 0.6) is 0 Å². The van der Waals surface area contributed by atoms with Crippen LogP contribution in [0, 0.1) is 6.92 Å². The molecule has 1 saturated heterocycles. The molecule has 0 bridgehead atoms. The Bertz CT molecular complexity index is 445. The third-order valence-electron chi connectivity index (χ3n) is 3.40. The molecule has 1 fully saturated rings. The van der Waals surface area contributed by atoms with Crippen LogP contribution in [0.4, 0.5) is 0 Å². The van der Waals surface area contributed by atoms with Gasteiger partial charge in [-0.25, -0.2) is 0 Å². The first-order chi connectivity index (χ1) is 8.50. The van der Waals surface area contributed by atoms with Crippen molar-refractivity contribution in [3.63, 3.8) is 0 Å². The quantitative estimate of drug-likeness (QED) is 0.878. The fraction of sp³-hybridized carbons (Fsp3) is 0.500. The number of carbonyl (C=O) groups excluding carboxylic acids is 1. The molecule has 1 heterocycles. The summed E-state index contributed by atoms with van der Waals surface area (Å²) in [6.07, 6.45) is 0. The minimum absolute atomic E-state index is 0.0319. The molecule has 0 spiro atoms. The van der Waals surface area contributed by atoms with Gasteiger partial charge in [0.2, 0.25) is 5.91 Å². The fourth-order valence-corrected chi connectivity index (χ4v) is 3.12. The predicted octanol–water partition coefficient (Wildman–Crippen LogP) is 2.05. The number of benzene rings is 1. The molecule has 3 nitrogen and oxygen atoms in total. The van der Waals surface area contributed by atoms with Gasteiger partial charge in [0, 0.05) is 17.2 Å². The summed E-state index contributed by atoms with van der Waals surface area (Å²) in [5, 5.41) is 6.27. The van der Waals surface area contributed by atoms with Crippen LogP contribution in [0.2, 0.25) is 0 Å². The van der Waals surface area contributed by atoms with Gasteiger partial charge in [-0.1, -0.05) is 24.3 Å². The Balaban J connectivity index is 1.95.